The molecule has 1 aliphatic heterocycles. The molecule has 0 fully saturated rings. The molecule has 1 heterocycles. The van der Waals surface area contributed by atoms with Crippen molar-refractivity contribution >= 4 is 40.9 Å². The zero-order valence-electron chi connectivity index (χ0n) is 16.3. The number of fused-ring (bicyclic) bond motifs is 1. The summed E-state index contributed by atoms with van der Waals surface area (Å²) in [5, 5.41) is 3.48. The molecule has 150 valence electrons. The highest BCUT2D eigenvalue weighted by Gasteiger charge is 2.23. The fraction of sp³-hybridized carbons (Fsp3) is 0.120. The van der Waals surface area contributed by atoms with Gasteiger partial charge in [-0.3, -0.25) is 9.59 Å². The molecule has 0 aliphatic carbocycles. The van der Waals surface area contributed by atoms with Crippen LogP contribution in [0.1, 0.15) is 27.9 Å². The molecule has 0 aromatic heterocycles. The second kappa shape index (κ2) is 8.97. The van der Waals surface area contributed by atoms with Gasteiger partial charge < -0.3 is 10.2 Å². The van der Waals surface area contributed by atoms with Gasteiger partial charge in [0.1, 0.15) is 0 Å². The van der Waals surface area contributed by atoms with Gasteiger partial charge in [0, 0.05) is 34.6 Å². The first-order chi connectivity index (χ1) is 14.6. The van der Waals surface area contributed by atoms with E-state index in [1.165, 1.54) is 6.08 Å². The summed E-state index contributed by atoms with van der Waals surface area (Å²) >= 11 is 6.12. The third-order valence-corrected chi connectivity index (χ3v) is 5.40. The summed E-state index contributed by atoms with van der Waals surface area (Å²) < 4.78 is 0. The number of benzene rings is 3. The van der Waals surface area contributed by atoms with Gasteiger partial charge in [-0.2, -0.15) is 0 Å². The standard InChI is InChI=1S/C25H21ClN2O2/c26-22-11-5-4-7-18(22)12-15-24(29)27-21-13-14-23-20(17-21)10-6-16-28(23)25(30)19-8-2-1-3-9-19/h1-5,7-9,11-15,17H,6,10,16H2,(H,27,29)/b15-12+. The van der Waals surface area contributed by atoms with Gasteiger partial charge in [0.15, 0.2) is 0 Å². The van der Waals surface area contributed by atoms with Crippen molar-refractivity contribution in [2.24, 2.45) is 0 Å². The van der Waals surface area contributed by atoms with Crippen molar-refractivity contribution in [1.82, 2.24) is 0 Å². The van der Waals surface area contributed by atoms with Gasteiger partial charge in [-0.25, -0.2) is 0 Å². The molecule has 2 amide bonds. The number of carbonyl (C=O) groups excluding carboxylic acids is 2. The summed E-state index contributed by atoms with van der Waals surface area (Å²) in [6, 6.07) is 22.3. The SMILES string of the molecule is O=C(/C=C/c1ccccc1Cl)Nc1ccc2c(c1)CCCN2C(=O)c1ccccc1. The minimum Gasteiger partial charge on any atom is -0.323 e. The van der Waals surface area contributed by atoms with E-state index in [1.807, 2.05) is 71.6 Å². The van der Waals surface area contributed by atoms with Crippen molar-refractivity contribution < 1.29 is 9.59 Å². The van der Waals surface area contributed by atoms with Crippen LogP contribution in [0, 0.1) is 0 Å². The van der Waals surface area contributed by atoms with E-state index in [0.29, 0.717) is 22.8 Å². The number of carbonyl (C=O) groups is 2. The normalized spacial score (nSPS) is 13.2. The van der Waals surface area contributed by atoms with E-state index in [4.69, 9.17) is 11.6 Å². The Morgan fingerprint density at radius 3 is 2.53 bits per heavy atom. The number of nitrogens with zero attached hydrogens (tertiary/aromatic N) is 1. The molecule has 3 aromatic rings. The lowest BCUT2D eigenvalue weighted by Gasteiger charge is -2.30. The van der Waals surface area contributed by atoms with Crippen molar-refractivity contribution in [3.05, 3.63) is 101 Å². The number of amides is 2. The fourth-order valence-electron chi connectivity index (χ4n) is 3.58. The Hall–Kier alpha value is -3.37. The zero-order chi connectivity index (χ0) is 20.9. The fourth-order valence-corrected chi connectivity index (χ4v) is 3.78. The molecular formula is C25H21ClN2O2. The van der Waals surface area contributed by atoms with Gasteiger partial charge in [-0.15, -0.1) is 0 Å². The summed E-state index contributed by atoms with van der Waals surface area (Å²) in [5.41, 5.74) is 4.12. The van der Waals surface area contributed by atoms with Gasteiger partial charge >= 0.3 is 0 Å². The van der Waals surface area contributed by atoms with Crippen LogP contribution in [0.4, 0.5) is 11.4 Å². The first-order valence-corrected chi connectivity index (χ1v) is 10.2. The minimum absolute atomic E-state index is 0.00370. The molecule has 1 N–H and O–H groups in total. The van der Waals surface area contributed by atoms with Crippen LogP contribution in [0.5, 0.6) is 0 Å². The second-order valence-electron chi connectivity index (χ2n) is 7.11. The maximum Gasteiger partial charge on any atom is 0.258 e. The third kappa shape index (κ3) is 4.44. The van der Waals surface area contributed by atoms with Crippen molar-refractivity contribution in [2.75, 3.05) is 16.8 Å². The predicted octanol–water partition coefficient (Wildman–Crippen LogP) is 5.58. The average molecular weight is 417 g/mol. The number of aryl methyl sites for hydroxylation is 1. The Morgan fingerprint density at radius 2 is 1.73 bits per heavy atom. The Kier molecular flexibility index (Phi) is 5.96. The van der Waals surface area contributed by atoms with Crippen LogP contribution >= 0.6 is 11.6 Å². The van der Waals surface area contributed by atoms with Gasteiger partial charge in [0.25, 0.3) is 5.91 Å². The summed E-state index contributed by atoms with van der Waals surface area (Å²) in [6.07, 6.45) is 4.91. The quantitative estimate of drug-likeness (QED) is 0.564. The average Bonchev–Trinajstić information content (AvgIpc) is 2.78. The van der Waals surface area contributed by atoms with Crippen LogP contribution in [-0.2, 0) is 11.2 Å². The van der Waals surface area contributed by atoms with E-state index in [9.17, 15) is 9.59 Å². The minimum atomic E-state index is -0.233. The summed E-state index contributed by atoms with van der Waals surface area (Å²) in [6.45, 7) is 0.688. The number of hydrogen-bond acceptors (Lipinski definition) is 2. The lowest BCUT2D eigenvalue weighted by Crippen LogP contribution is -2.35. The number of hydrogen-bond donors (Lipinski definition) is 1. The van der Waals surface area contributed by atoms with Crippen molar-refractivity contribution in [1.29, 1.82) is 0 Å². The molecule has 0 unspecified atom stereocenters. The Morgan fingerprint density at radius 1 is 0.967 bits per heavy atom. The van der Waals surface area contributed by atoms with Crippen LogP contribution in [0.15, 0.2) is 78.9 Å². The van der Waals surface area contributed by atoms with Crippen LogP contribution in [0.2, 0.25) is 5.02 Å². The number of anilines is 2. The molecule has 0 atom stereocenters. The van der Waals surface area contributed by atoms with E-state index in [2.05, 4.69) is 5.32 Å². The molecule has 0 radical (unpaired) electrons. The van der Waals surface area contributed by atoms with Crippen molar-refractivity contribution in [3.63, 3.8) is 0 Å². The van der Waals surface area contributed by atoms with Crippen LogP contribution in [0.3, 0.4) is 0 Å². The van der Waals surface area contributed by atoms with Crippen LogP contribution < -0.4 is 10.2 Å². The van der Waals surface area contributed by atoms with E-state index in [0.717, 1.165) is 29.7 Å². The Balaban J connectivity index is 1.49. The van der Waals surface area contributed by atoms with Crippen molar-refractivity contribution in [2.45, 2.75) is 12.8 Å². The topological polar surface area (TPSA) is 49.4 Å². The molecule has 5 heteroatoms. The first-order valence-electron chi connectivity index (χ1n) is 9.85. The molecule has 0 saturated carbocycles. The molecule has 4 rings (SSSR count). The van der Waals surface area contributed by atoms with E-state index >= 15 is 0 Å². The first kappa shape index (κ1) is 19.9. The van der Waals surface area contributed by atoms with Gasteiger partial charge in [-0.05, 0) is 66.4 Å². The monoisotopic (exact) mass is 416 g/mol. The maximum absolute atomic E-state index is 12.9. The molecule has 1 aliphatic rings. The lowest BCUT2D eigenvalue weighted by molar-refractivity contribution is -0.111. The van der Waals surface area contributed by atoms with E-state index in [-0.39, 0.29) is 11.8 Å². The predicted molar refractivity (Wildman–Crippen MR) is 122 cm³/mol. The molecular weight excluding hydrogens is 396 g/mol. The smallest absolute Gasteiger partial charge is 0.258 e. The largest absolute Gasteiger partial charge is 0.323 e. The van der Waals surface area contributed by atoms with Gasteiger partial charge in [0.2, 0.25) is 5.91 Å². The number of rotatable bonds is 4. The molecule has 0 saturated heterocycles. The lowest BCUT2D eigenvalue weighted by atomic mass is 10.00. The second-order valence-corrected chi connectivity index (χ2v) is 7.52. The van der Waals surface area contributed by atoms with E-state index in [1.54, 1.807) is 12.1 Å². The highest BCUT2D eigenvalue weighted by molar-refractivity contribution is 6.32. The summed E-state index contributed by atoms with van der Waals surface area (Å²) in [7, 11) is 0. The van der Waals surface area contributed by atoms with Crippen LogP contribution in [0.25, 0.3) is 6.08 Å². The summed E-state index contributed by atoms with van der Waals surface area (Å²) in [4.78, 5) is 27.0. The Labute approximate surface area is 180 Å². The number of halogens is 1. The summed E-state index contributed by atoms with van der Waals surface area (Å²) in [5.74, 6) is -0.237. The molecule has 4 nitrogen and oxygen atoms in total. The molecule has 0 spiro atoms. The molecule has 30 heavy (non-hydrogen) atoms. The van der Waals surface area contributed by atoms with Gasteiger partial charge in [0.05, 0.1) is 0 Å². The highest BCUT2D eigenvalue weighted by Crippen LogP contribution is 2.31. The van der Waals surface area contributed by atoms with Crippen molar-refractivity contribution in [3.8, 4) is 0 Å². The van der Waals surface area contributed by atoms with E-state index < -0.39 is 0 Å². The highest BCUT2D eigenvalue weighted by atomic mass is 35.5. The number of nitrogens with one attached hydrogen (secondary N) is 1. The molecule has 0 bridgehead atoms. The van der Waals surface area contributed by atoms with Gasteiger partial charge in [-0.1, -0.05) is 48.0 Å². The molecule has 3 aromatic carbocycles. The zero-order valence-corrected chi connectivity index (χ0v) is 17.1. The third-order valence-electron chi connectivity index (χ3n) is 5.05. The van der Waals surface area contributed by atoms with Crippen LogP contribution in [-0.4, -0.2) is 18.4 Å². The maximum atomic E-state index is 12.9. The Bertz CT molecular complexity index is 1110.